The molecule has 0 bridgehead atoms. The minimum absolute atomic E-state index is 0.108. The summed E-state index contributed by atoms with van der Waals surface area (Å²) in [4.78, 5) is 13.6. The van der Waals surface area contributed by atoms with Crippen LogP contribution in [0.2, 0.25) is 0 Å². The summed E-state index contributed by atoms with van der Waals surface area (Å²) in [6.07, 6.45) is 0.722. The summed E-state index contributed by atoms with van der Waals surface area (Å²) >= 11 is 0. The van der Waals surface area contributed by atoms with Crippen LogP contribution in [0.1, 0.15) is 34.1 Å². The molecule has 0 saturated heterocycles. The van der Waals surface area contributed by atoms with E-state index in [1.165, 1.54) is 15.9 Å². The van der Waals surface area contributed by atoms with Crippen LogP contribution < -0.4 is 15.9 Å². The van der Waals surface area contributed by atoms with E-state index in [1.807, 2.05) is 39.0 Å². The number of carbonyl (C=O) groups excluding carboxylic acids is 1. The average Bonchev–Trinajstić information content (AvgIpc) is 2.72. The number of benzene rings is 3. The Kier molecular flexibility index (Phi) is 6.55. The molecule has 0 N–H and O–H groups in total. The fraction of sp³-hybridized carbons (Fsp3) is 0.269. The van der Waals surface area contributed by atoms with E-state index in [4.69, 9.17) is 4.74 Å². The van der Waals surface area contributed by atoms with Crippen LogP contribution in [0.5, 0.6) is 0 Å². The van der Waals surface area contributed by atoms with Gasteiger partial charge in [-0.1, -0.05) is 0 Å². The van der Waals surface area contributed by atoms with Crippen molar-refractivity contribution in [1.29, 1.82) is 0 Å². The summed E-state index contributed by atoms with van der Waals surface area (Å²) in [5.74, 6) is -0.108. The van der Waals surface area contributed by atoms with Gasteiger partial charge in [-0.15, -0.1) is 0 Å². The quantitative estimate of drug-likeness (QED) is 0.433. The van der Waals surface area contributed by atoms with Crippen molar-refractivity contribution >= 4 is 29.1 Å². The van der Waals surface area contributed by atoms with Crippen LogP contribution in [0.3, 0.4) is 0 Å². The Hall–Kier alpha value is -2.44. The molecule has 3 aromatic carbocycles. The number of hydrogen-bond donors (Lipinski definition) is 0. The van der Waals surface area contributed by atoms with Gasteiger partial charge in [-0.25, -0.2) is 0 Å². The molecule has 0 spiro atoms. The van der Waals surface area contributed by atoms with Crippen LogP contribution in [0.25, 0.3) is 0 Å². The van der Waals surface area contributed by atoms with Gasteiger partial charge in [0.05, 0.1) is 0 Å². The first-order chi connectivity index (χ1) is 13.9. The number of esters is 1. The minimum atomic E-state index is -2.69. The van der Waals surface area contributed by atoms with Crippen molar-refractivity contribution in [2.45, 2.75) is 45.4 Å². The predicted molar refractivity (Wildman–Crippen MR) is 126 cm³/mol. The molecule has 0 fully saturated rings. The molecule has 0 saturated carbocycles. The molecule has 0 aliphatic rings. The third-order valence-corrected chi connectivity index (χ3v) is 10.7. The van der Waals surface area contributed by atoms with Crippen molar-refractivity contribution in [2.24, 2.45) is 0 Å². The summed E-state index contributed by atoms with van der Waals surface area (Å²) in [6.45, 7) is 7.92. The van der Waals surface area contributed by atoms with Crippen LogP contribution in [-0.2, 0) is 9.53 Å². The van der Waals surface area contributed by atoms with Gasteiger partial charge in [0.1, 0.15) is 0 Å². The SMILES string of the molecule is CCC(C(=O)OC(C)(C)C)[PH](c1ccccc1)(c1ccccc1)c1ccccc1. The first-order valence-electron chi connectivity index (χ1n) is 10.3. The molecular formula is C26H31O2P. The first kappa shape index (κ1) is 21.3. The van der Waals surface area contributed by atoms with E-state index in [9.17, 15) is 4.79 Å². The molecule has 1 unspecified atom stereocenters. The van der Waals surface area contributed by atoms with Crippen molar-refractivity contribution in [2.75, 3.05) is 0 Å². The van der Waals surface area contributed by atoms with E-state index in [0.29, 0.717) is 0 Å². The second-order valence-electron chi connectivity index (χ2n) is 8.40. The van der Waals surface area contributed by atoms with Gasteiger partial charge in [0.15, 0.2) is 0 Å². The third kappa shape index (κ3) is 4.43. The Balaban J connectivity index is 2.34. The third-order valence-electron chi connectivity index (χ3n) is 5.31. The maximum atomic E-state index is 13.6. The Morgan fingerprint density at radius 1 is 0.759 bits per heavy atom. The predicted octanol–water partition coefficient (Wildman–Crippen LogP) is 4.83. The van der Waals surface area contributed by atoms with E-state index < -0.39 is 12.9 Å². The monoisotopic (exact) mass is 406 g/mol. The van der Waals surface area contributed by atoms with Crippen LogP contribution in [0, 0.1) is 0 Å². The first-order valence-corrected chi connectivity index (χ1v) is 12.4. The van der Waals surface area contributed by atoms with Crippen LogP contribution in [0.4, 0.5) is 0 Å². The van der Waals surface area contributed by atoms with Crippen molar-refractivity contribution < 1.29 is 9.53 Å². The normalized spacial score (nSPS) is 13.5. The van der Waals surface area contributed by atoms with E-state index in [2.05, 4.69) is 79.7 Å². The second kappa shape index (κ2) is 8.93. The molecule has 0 radical (unpaired) electrons. The van der Waals surface area contributed by atoms with E-state index >= 15 is 0 Å². The van der Waals surface area contributed by atoms with Crippen molar-refractivity contribution in [3.05, 3.63) is 91.0 Å². The van der Waals surface area contributed by atoms with Crippen LogP contribution in [-0.4, -0.2) is 17.2 Å². The fourth-order valence-electron chi connectivity index (χ4n) is 4.23. The average molecular weight is 407 g/mol. The van der Waals surface area contributed by atoms with Crippen molar-refractivity contribution in [3.63, 3.8) is 0 Å². The van der Waals surface area contributed by atoms with Crippen molar-refractivity contribution in [1.82, 2.24) is 0 Å². The summed E-state index contributed by atoms with van der Waals surface area (Å²) in [5, 5.41) is 3.69. The summed E-state index contributed by atoms with van der Waals surface area (Å²) in [7, 11) is -2.69. The van der Waals surface area contributed by atoms with Crippen LogP contribution in [0.15, 0.2) is 91.0 Å². The Labute approximate surface area is 175 Å². The molecule has 0 aliphatic carbocycles. The van der Waals surface area contributed by atoms with Gasteiger partial charge in [0, 0.05) is 0 Å². The van der Waals surface area contributed by atoms with Gasteiger partial charge in [-0.2, -0.15) is 0 Å². The Morgan fingerprint density at radius 2 is 1.10 bits per heavy atom. The molecule has 152 valence electrons. The molecule has 0 aliphatic heterocycles. The van der Waals surface area contributed by atoms with Crippen LogP contribution >= 0.6 is 7.26 Å². The number of rotatable bonds is 6. The Bertz CT molecular complexity index is 819. The molecule has 3 aromatic rings. The summed E-state index contributed by atoms with van der Waals surface area (Å²) in [6, 6.07) is 31.6. The van der Waals surface area contributed by atoms with Gasteiger partial charge >= 0.3 is 175 Å². The van der Waals surface area contributed by atoms with Gasteiger partial charge in [0.25, 0.3) is 0 Å². The zero-order chi connectivity index (χ0) is 20.9. The molecule has 3 rings (SSSR count). The van der Waals surface area contributed by atoms with Gasteiger partial charge < -0.3 is 0 Å². The zero-order valence-corrected chi connectivity index (χ0v) is 18.8. The molecule has 2 nitrogen and oxygen atoms in total. The van der Waals surface area contributed by atoms with Gasteiger partial charge in [-0.05, 0) is 0 Å². The molecule has 0 heterocycles. The Morgan fingerprint density at radius 3 is 1.38 bits per heavy atom. The number of carbonyl (C=O) groups is 1. The summed E-state index contributed by atoms with van der Waals surface area (Å²) in [5.41, 5.74) is -0.747. The van der Waals surface area contributed by atoms with Crippen molar-refractivity contribution in [3.8, 4) is 0 Å². The number of hydrogen-bond acceptors (Lipinski definition) is 2. The van der Waals surface area contributed by atoms with Gasteiger partial charge in [-0.3, -0.25) is 0 Å². The second-order valence-corrected chi connectivity index (χ2v) is 12.4. The summed E-state index contributed by atoms with van der Waals surface area (Å²) < 4.78 is 5.96. The maximum absolute atomic E-state index is 13.6. The van der Waals surface area contributed by atoms with E-state index in [-0.39, 0.29) is 11.6 Å². The molecule has 0 amide bonds. The van der Waals surface area contributed by atoms with Gasteiger partial charge in [0.2, 0.25) is 0 Å². The number of ether oxygens (including phenoxy) is 1. The topological polar surface area (TPSA) is 26.3 Å². The molecule has 1 atom stereocenters. The molecule has 29 heavy (non-hydrogen) atoms. The van der Waals surface area contributed by atoms with E-state index in [0.717, 1.165) is 6.42 Å². The fourth-order valence-corrected chi connectivity index (χ4v) is 9.62. The zero-order valence-electron chi connectivity index (χ0n) is 17.8. The molecule has 0 aromatic heterocycles. The molecular weight excluding hydrogens is 375 g/mol. The van der Waals surface area contributed by atoms with E-state index in [1.54, 1.807) is 0 Å². The molecule has 3 heteroatoms. The standard InChI is InChI=1S/C26H31O2P/c1-5-24(25(27)28-26(2,3)4)29(21-15-9-6-10-16-21,22-17-11-7-12-18-22)23-19-13-8-14-20-23/h6-20,24,29H,5H2,1-4H3.